The summed E-state index contributed by atoms with van der Waals surface area (Å²) in [4.78, 5) is 13.3. The normalized spacial score (nSPS) is 18.2. The topological polar surface area (TPSA) is 65.4 Å². The highest BCUT2D eigenvalue weighted by Gasteiger charge is 2.34. The Hall–Kier alpha value is -1.28. The van der Waals surface area contributed by atoms with Crippen LogP contribution in [0.4, 0.5) is 4.79 Å². The van der Waals surface area contributed by atoms with Gasteiger partial charge in [-0.1, -0.05) is 13.8 Å². The maximum atomic E-state index is 11.7. The number of carbonyl (C=O) groups excluding carboxylic acids is 1. The quantitative estimate of drug-likeness (QED) is 0.832. The lowest BCUT2D eigenvalue weighted by Gasteiger charge is -2.41. The van der Waals surface area contributed by atoms with E-state index in [9.17, 15) is 4.79 Å². The molecule has 0 bridgehead atoms. The zero-order chi connectivity index (χ0) is 13.9. The fraction of sp³-hybridized carbons (Fsp3) is 0.846. The summed E-state index contributed by atoms with van der Waals surface area (Å²) in [7, 11) is 0. The second kappa shape index (κ2) is 5.57. The molecule has 5 nitrogen and oxygen atoms in total. The van der Waals surface area contributed by atoms with Gasteiger partial charge in [-0.15, -0.1) is 0 Å². The van der Waals surface area contributed by atoms with Crippen molar-refractivity contribution in [3.8, 4) is 6.07 Å². The van der Waals surface area contributed by atoms with Crippen LogP contribution in [-0.4, -0.2) is 41.8 Å². The molecule has 0 aliphatic carbocycles. The van der Waals surface area contributed by atoms with Crippen LogP contribution in [0, 0.1) is 17.2 Å². The smallest absolute Gasteiger partial charge is 0.410 e. The van der Waals surface area contributed by atoms with Gasteiger partial charge < -0.3 is 9.64 Å². The molecule has 1 rings (SSSR count). The average molecular weight is 253 g/mol. The molecule has 1 saturated heterocycles. The molecule has 1 fully saturated rings. The Balaban J connectivity index is 2.32. The van der Waals surface area contributed by atoms with E-state index in [1.54, 1.807) is 4.90 Å². The molecule has 0 aromatic carbocycles. The van der Waals surface area contributed by atoms with Crippen LogP contribution in [0.3, 0.4) is 0 Å². The number of amides is 1. The first-order chi connectivity index (χ1) is 8.23. The van der Waals surface area contributed by atoms with Crippen molar-refractivity contribution >= 4 is 6.09 Å². The number of nitrogens with one attached hydrogen (secondary N) is 1. The number of nitriles is 1. The molecule has 0 saturated carbocycles. The van der Waals surface area contributed by atoms with Crippen LogP contribution in [0.25, 0.3) is 0 Å². The Bertz CT molecular complexity index is 335. The second-order valence-electron chi connectivity index (χ2n) is 6.10. The first-order valence-corrected chi connectivity index (χ1v) is 6.36. The van der Waals surface area contributed by atoms with Gasteiger partial charge in [0.2, 0.25) is 0 Å². The van der Waals surface area contributed by atoms with Gasteiger partial charge in [0.1, 0.15) is 5.60 Å². The number of carbonyl (C=O) groups is 1. The van der Waals surface area contributed by atoms with Crippen molar-refractivity contribution < 1.29 is 9.53 Å². The van der Waals surface area contributed by atoms with E-state index in [-0.39, 0.29) is 24.1 Å². The summed E-state index contributed by atoms with van der Waals surface area (Å²) in [6.45, 7) is 10.8. The molecule has 1 aliphatic heterocycles. The summed E-state index contributed by atoms with van der Waals surface area (Å²) in [6.07, 6.45) is -0.279. The molecule has 0 unspecified atom stereocenters. The van der Waals surface area contributed by atoms with E-state index in [2.05, 4.69) is 11.4 Å². The van der Waals surface area contributed by atoms with E-state index in [4.69, 9.17) is 10.00 Å². The summed E-state index contributed by atoms with van der Waals surface area (Å²) in [5.41, 5.74) is -0.456. The van der Waals surface area contributed by atoms with Crippen LogP contribution in [0.15, 0.2) is 0 Å². The molecule has 1 N–H and O–H groups in total. The Morgan fingerprint density at radius 3 is 2.39 bits per heavy atom. The third kappa shape index (κ3) is 4.19. The highest BCUT2D eigenvalue weighted by atomic mass is 16.6. The van der Waals surface area contributed by atoms with Gasteiger partial charge >= 0.3 is 6.09 Å². The van der Waals surface area contributed by atoms with Crippen molar-refractivity contribution in [2.24, 2.45) is 5.92 Å². The van der Waals surface area contributed by atoms with Gasteiger partial charge in [-0.3, -0.25) is 5.32 Å². The summed E-state index contributed by atoms with van der Waals surface area (Å²) in [5.74, 6) is 0.269. The minimum absolute atomic E-state index is 0.157. The summed E-state index contributed by atoms with van der Waals surface area (Å²) < 4.78 is 5.26. The Morgan fingerprint density at radius 2 is 2.00 bits per heavy atom. The lowest BCUT2D eigenvalue weighted by atomic mass is 10.0. The second-order valence-corrected chi connectivity index (χ2v) is 6.10. The molecule has 0 radical (unpaired) electrons. The van der Waals surface area contributed by atoms with Crippen LogP contribution in [0.5, 0.6) is 0 Å². The molecule has 102 valence electrons. The predicted molar refractivity (Wildman–Crippen MR) is 69.0 cm³/mol. The molecule has 0 aromatic heterocycles. The molecule has 0 aromatic rings. The van der Waals surface area contributed by atoms with Crippen LogP contribution in [0.1, 0.15) is 34.6 Å². The van der Waals surface area contributed by atoms with E-state index in [1.807, 2.05) is 34.6 Å². The molecule has 5 heteroatoms. The highest BCUT2D eigenvalue weighted by molar-refractivity contribution is 5.69. The minimum atomic E-state index is -0.456. The SMILES string of the molecule is CC(C)[C@H](C#N)NC1CN(C(=O)OC(C)(C)C)C1. The van der Waals surface area contributed by atoms with Crippen molar-refractivity contribution in [1.82, 2.24) is 10.2 Å². The first kappa shape index (κ1) is 14.8. The molecule has 1 atom stereocenters. The Morgan fingerprint density at radius 1 is 1.44 bits per heavy atom. The first-order valence-electron chi connectivity index (χ1n) is 6.36. The van der Waals surface area contributed by atoms with Gasteiger partial charge in [0.05, 0.1) is 12.1 Å². The maximum Gasteiger partial charge on any atom is 0.410 e. The predicted octanol–water partition coefficient (Wildman–Crippen LogP) is 1.74. The number of hydrogen-bond donors (Lipinski definition) is 1. The van der Waals surface area contributed by atoms with Gasteiger partial charge in [0.15, 0.2) is 0 Å². The van der Waals surface area contributed by atoms with Crippen LogP contribution in [-0.2, 0) is 4.74 Å². The summed E-state index contributed by atoms with van der Waals surface area (Å²) in [5, 5.41) is 12.2. The minimum Gasteiger partial charge on any atom is -0.444 e. The lowest BCUT2D eigenvalue weighted by Crippen LogP contribution is -2.62. The molecule has 1 amide bonds. The Labute approximate surface area is 109 Å². The van der Waals surface area contributed by atoms with Crippen molar-refractivity contribution in [2.45, 2.75) is 52.3 Å². The fourth-order valence-electron chi connectivity index (χ4n) is 1.69. The number of likely N-dealkylation sites (tertiary alicyclic amines) is 1. The molecule has 1 aliphatic rings. The van der Waals surface area contributed by atoms with Crippen LogP contribution in [0.2, 0.25) is 0 Å². The van der Waals surface area contributed by atoms with Gasteiger partial charge in [-0.05, 0) is 26.7 Å². The van der Waals surface area contributed by atoms with Crippen LogP contribution >= 0.6 is 0 Å². The van der Waals surface area contributed by atoms with Gasteiger partial charge in [-0.2, -0.15) is 5.26 Å². The number of nitrogens with zero attached hydrogens (tertiary/aromatic N) is 2. The third-order valence-electron chi connectivity index (χ3n) is 2.75. The molecule has 0 spiro atoms. The van der Waals surface area contributed by atoms with Crippen molar-refractivity contribution in [3.63, 3.8) is 0 Å². The zero-order valence-corrected chi connectivity index (χ0v) is 11.9. The molecular formula is C13H23N3O2. The summed E-state index contributed by atoms with van der Waals surface area (Å²) in [6, 6.07) is 2.28. The maximum absolute atomic E-state index is 11.7. The van der Waals surface area contributed by atoms with Crippen molar-refractivity contribution in [3.05, 3.63) is 0 Å². The average Bonchev–Trinajstić information content (AvgIpc) is 2.12. The van der Waals surface area contributed by atoms with Crippen LogP contribution < -0.4 is 5.32 Å². The van der Waals surface area contributed by atoms with E-state index in [0.29, 0.717) is 13.1 Å². The number of hydrogen-bond acceptors (Lipinski definition) is 4. The fourth-order valence-corrected chi connectivity index (χ4v) is 1.69. The lowest BCUT2D eigenvalue weighted by molar-refractivity contribution is 0.00433. The van der Waals surface area contributed by atoms with Gasteiger partial charge in [0, 0.05) is 19.1 Å². The standard InChI is InChI=1S/C13H23N3O2/c1-9(2)11(6-14)15-10-7-16(8-10)12(17)18-13(3,4)5/h9-11,15H,7-8H2,1-5H3/t11-/m0/s1. The third-order valence-corrected chi connectivity index (χ3v) is 2.75. The number of ether oxygens (including phenoxy) is 1. The molecule has 1 heterocycles. The molecular weight excluding hydrogens is 230 g/mol. The Kier molecular flexibility index (Phi) is 4.58. The van der Waals surface area contributed by atoms with Crippen molar-refractivity contribution in [2.75, 3.05) is 13.1 Å². The summed E-state index contributed by atoms with van der Waals surface area (Å²) >= 11 is 0. The monoisotopic (exact) mass is 253 g/mol. The zero-order valence-electron chi connectivity index (χ0n) is 11.9. The van der Waals surface area contributed by atoms with E-state index < -0.39 is 5.60 Å². The van der Waals surface area contributed by atoms with Gasteiger partial charge in [0.25, 0.3) is 0 Å². The van der Waals surface area contributed by atoms with Gasteiger partial charge in [-0.25, -0.2) is 4.79 Å². The van der Waals surface area contributed by atoms with E-state index in [1.165, 1.54) is 0 Å². The van der Waals surface area contributed by atoms with E-state index >= 15 is 0 Å². The van der Waals surface area contributed by atoms with Crippen molar-refractivity contribution in [1.29, 1.82) is 5.26 Å². The van der Waals surface area contributed by atoms with E-state index in [0.717, 1.165) is 0 Å². The number of rotatable bonds is 3. The largest absolute Gasteiger partial charge is 0.444 e. The highest BCUT2D eigenvalue weighted by Crippen LogP contribution is 2.16. The molecule has 18 heavy (non-hydrogen) atoms.